The van der Waals surface area contributed by atoms with E-state index in [4.69, 9.17) is 10.1 Å². The van der Waals surface area contributed by atoms with Crippen LogP contribution in [0, 0.1) is 5.41 Å². The lowest BCUT2D eigenvalue weighted by atomic mass is 10.1. The predicted molar refractivity (Wildman–Crippen MR) is 63.5 cm³/mol. The first kappa shape index (κ1) is 12.5. The van der Waals surface area contributed by atoms with E-state index in [1.54, 1.807) is 0 Å². The molecule has 15 heavy (non-hydrogen) atoms. The number of nitrogens with zero attached hydrogens (tertiary/aromatic N) is 1. The Morgan fingerprint density at radius 1 is 1.27 bits per heavy atom. The molecule has 1 aliphatic heterocycles. The summed E-state index contributed by atoms with van der Waals surface area (Å²) in [6.45, 7) is 6.01. The quantitative estimate of drug-likeness (QED) is 0.659. The molecule has 0 atom stereocenters. The summed E-state index contributed by atoms with van der Waals surface area (Å²) in [6, 6.07) is 0. The zero-order valence-electron chi connectivity index (χ0n) is 9.93. The van der Waals surface area contributed by atoms with Crippen LogP contribution in [-0.2, 0) is 4.74 Å². The van der Waals surface area contributed by atoms with Gasteiger partial charge in [0.25, 0.3) is 0 Å². The van der Waals surface area contributed by atoms with Gasteiger partial charge < -0.3 is 9.64 Å². The zero-order chi connectivity index (χ0) is 10.9. The van der Waals surface area contributed by atoms with Crippen LogP contribution in [0.3, 0.4) is 0 Å². The van der Waals surface area contributed by atoms with E-state index in [0.717, 1.165) is 45.0 Å². The number of unbranched alkanes of at least 4 members (excludes halogenated alkanes) is 1. The molecule has 0 saturated carbocycles. The second kappa shape index (κ2) is 7.69. The summed E-state index contributed by atoms with van der Waals surface area (Å²) >= 11 is 0. The number of likely N-dealkylation sites (tertiary alicyclic amines) is 1. The van der Waals surface area contributed by atoms with Crippen LogP contribution < -0.4 is 0 Å². The summed E-state index contributed by atoms with van der Waals surface area (Å²) in [7, 11) is 0. The smallest absolute Gasteiger partial charge is 0.0957 e. The Morgan fingerprint density at radius 3 is 2.80 bits per heavy atom. The van der Waals surface area contributed by atoms with E-state index in [1.807, 2.05) is 0 Å². The van der Waals surface area contributed by atoms with Crippen LogP contribution in [0.4, 0.5) is 0 Å². The molecule has 0 bridgehead atoms. The van der Waals surface area contributed by atoms with Crippen molar-refractivity contribution in [3.05, 3.63) is 0 Å². The summed E-state index contributed by atoms with van der Waals surface area (Å²) in [6.07, 6.45) is 6.85. The van der Waals surface area contributed by atoms with Gasteiger partial charge in [0.2, 0.25) is 0 Å². The minimum atomic E-state index is 0.829. The third-order valence-electron chi connectivity index (χ3n) is 2.83. The second-order valence-electron chi connectivity index (χ2n) is 4.21. The molecule has 1 rings (SSSR count). The van der Waals surface area contributed by atoms with Gasteiger partial charge in [-0.3, -0.25) is 5.41 Å². The topological polar surface area (TPSA) is 36.3 Å². The van der Waals surface area contributed by atoms with E-state index in [0.29, 0.717) is 0 Å². The van der Waals surface area contributed by atoms with Gasteiger partial charge in [-0.15, -0.1) is 0 Å². The SMILES string of the molecule is CCCCOCCCN1CCCCC1=N. The van der Waals surface area contributed by atoms with Gasteiger partial charge >= 0.3 is 0 Å². The summed E-state index contributed by atoms with van der Waals surface area (Å²) in [4.78, 5) is 2.20. The lowest BCUT2D eigenvalue weighted by Crippen LogP contribution is -2.35. The van der Waals surface area contributed by atoms with Crippen molar-refractivity contribution in [3.63, 3.8) is 0 Å². The molecule has 88 valence electrons. The van der Waals surface area contributed by atoms with Crippen molar-refractivity contribution in [2.24, 2.45) is 0 Å². The fraction of sp³-hybridized carbons (Fsp3) is 0.917. The maximum Gasteiger partial charge on any atom is 0.0957 e. The highest BCUT2D eigenvalue weighted by Crippen LogP contribution is 2.10. The number of rotatable bonds is 7. The molecule has 0 radical (unpaired) electrons. The number of nitrogens with one attached hydrogen (secondary N) is 1. The number of piperidine rings is 1. The normalized spacial score (nSPS) is 17.1. The number of ether oxygens (including phenoxy) is 1. The van der Waals surface area contributed by atoms with Gasteiger partial charge in [0.05, 0.1) is 5.84 Å². The molecular formula is C12H24N2O. The fourth-order valence-corrected chi connectivity index (χ4v) is 1.84. The van der Waals surface area contributed by atoms with Crippen LogP contribution >= 0.6 is 0 Å². The Balaban J connectivity index is 1.96. The molecule has 0 aromatic heterocycles. The Bertz CT molecular complexity index is 182. The van der Waals surface area contributed by atoms with Crippen LogP contribution in [0.2, 0.25) is 0 Å². The molecule has 1 heterocycles. The fourth-order valence-electron chi connectivity index (χ4n) is 1.84. The van der Waals surface area contributed by atoms with Crippen molar-refractivity contribution in [2.45, 2.75) is 45.4 Å². The molecule has 3 nitrogen and oxygen atoms in total. The number of hydrogen-bond donors (Lipinski definition) is 1. The van der Waals surface area contributed by atoms with Gasteiger partial charge in [0.15, 0.2) is 0 Å². The monoisotopic (exact) mass is 212 g/mol. The van der Waals surface area contributed by atoms with E-state index in [9.17, 15) is 0 Å². The lowest BCUT2D eigenvalue weighted by molar-refractivity contribution is 0.123. The summed E-state index contributed by atoms with van der Waals surface area (Å²) in [5.41, 5.74) is 0. The molecule has 1 aliphatic rings. The van der Waals surface area contributed by atoms with E-state index in [1.165, 1.54) is 25.7 Å². The Morgan fingerprint density at radius 2 is 2.07 bits per heavy atom. The van der Waals surface area contributed by atoms with Gasteiger partial charge in [0, 0.05) is 32.7 Å². The molecule has 1 saturated heterocycles. The third-order valence-corrected chi connectivity index (χ3v) is 2.83. The van der Waals surface area contributed by atoms with Crippen molar-refractivity contribution in [3.8, 4) is 0 Å². The summed E-state index contributed by atoms with van der Waals surface area (Å²) in [5.74, 6) is 0.829. The average Bonchev–Trinajstić information content (AvgIpc) is 2.25. The maximum absolute atomic E-state index is 7.78. The third kappa shape index (κ3) is 5.17. The van der Waals surface area contributed by atoms with E-state index < -0.39 is 0 Å². The largest absolute Gasteiger partial charge is 0.381 e. The van der Waals surface area contributed by atoms with Gasteiger partial charge in [-0.05, 0) is 25.7 Å². The van der Waals surface area contributed by atoms with Gasteiger partial charge in [-0.25, -0.2) is 0 Å². The Hall–Kier alpha value is -0.570. The minimum absolute atomic E-state index is 0.829. The Kier molecular flexibility index (Phi) is 6.41. The highest BCUT2D eigenvalue weighted by Gasteiger charge is 2.13. The van der Waals surface area contributed by atoms with Crippen molar-refractivity contribution >= 4 is 5.84 Å². The highest BCUT2D eigenvalue weighted by atomic mass is 16.5. The number of amidine groups is 1. The number of hydrogen-bond acceptors (Lipinski definition) is 2. The van der Waals surface area contributed by atoms with Crippen molar-refractivity contribution in [1.29, 1.82) is 5.41 Å². The van der Waals surface area contributed by atoms with Crippen LogP contribution in [0.25, 0.3) is 0 Å². The maximum atomic E-state index is 7.78. The lowest BCUT2D eigenvalue weighted by Gasteiger charge is -2.29. The van der Waals surface area contributed by atoms with Crippen molar-refractivity contribution in [1.82, 2.24) is 4.90 Å². The van der Waals surface area contributed by atoms with Gasteiger partial charge in [-0.2, -0.15) is 0 Å². The molecule has 0 aliphatic carbocycles. The first-order chi connectivity index (χ1) is 7.34. The zero-order valence-corrected chi connectivity index (χ0v) is 9.93. The van der Waals surface area contributed by atoms with E-state index >= 15 is 0 Å². The molecule has 0 aromatic rings. The Labute approximate surface area is 93.3 Å². The van der Waals surface area contributed by atoms with Gasteiger partial charge in [-0.1, -0.05) is 13.3 Å². The summed E-state index contributed by atoms with van der Waals surface area (Å²) < 4.78 is 5.50. The van der Waals surface area contributed by atoms with Gasteiger partial charge in [0.1, 0.15) is 0 Å². The molecule has 1 fully saturated rings. The van der Waals surface area contributed by atoms with Crippen LogP contribution in [-0.4, -0.2) is 37.0 Å². The molecule has 0 spiro atoms. The first-order valence-electron chi connectivity index (χ1n) is 6.24. The van der Waals surface area contributed by atoms with Crippen molar-refractivity contribution < 1.29 is 4.74 Å². The molecule has 3 heteroatoms. The van der Waals surface area contributed by atoms with Crippen LogP contribution in [0.1, 0.15) is 45.4 Å². The average molecular weight is 212 g/mol. The highest BCUT2D eigenvalue weighted by molar-refractivity contribution is 5.79. The van der Waals surface area contributed by atoms with Crippen molar-refractivity contribution in [2.75, 3.05) is 26.3 Å². The molecule has 0 amide bonds. The van der Waals surface area contributed by atoms with Crippen LogP contribution in [0.15, 0.2) is 0 Å². The van der Waals surface area contributed by atoms with E-state index in [-0.39, 0.29) is 0 Å². The molecular weight excluding hydrogens is 188 g/mol. The second-order valence-corrected chi connectivity index (χ2v) is 4.21. The summed E-state index contributed by atoms with van der Waals surface area (Å²) in [5, 5.41) is 7.78. The first-order valence-corrected chi connectivity index (χ1v) is 6.24. The minimum Gasteiger partial charge on any atom is -0.381 e. The predicted octanol–water partition coefficient (Wildman–Crippen LogP) is 2.66. The van der Waals surface area contributed by atoms with Crippen LogP contribution in [0.5, 0.6) is 0 Å². The molecule has 1 N–H and O–H groups in total. The molecule has 0 aromatic carbocycles. The standard InChI is InChI=1S/C12H24N2O/c1-2-3-10-15-11-6-9-14-8-5-4-7-12(14)13/h13H,2-11H2,1H3. The molecule has 0 unspecified atom stereocenters. The van der Waals surface area contributed by atoms with E-state index in [2.05, 4.69) is 11.8 Å².